The lowest BCUT2D eigenvalue weighted by atomic mass is 9.93. The molecule has 0 aromatic rings. The van der Waals surface area contributed by atoms with Gasteiger partial charge in [0.2, 0.25) is 10.5 Å². The lowest BCUT2D eigenvalue weighted by molar-refractivity contribution is -0.111. The van der Waals surface area contributed by atoms with Crippen molar-refractivity contribution < 1.29 is 9.59 Å². The van der Waals surface area contributed by atoms with Crippen LogP contribution in [0.4, 0.5) is 0 Å². The van der Waals surface area contributed by atoms with Gasteiger partial charge in [-0.2, -0.15) is 0 Å². The van der Waals surface area contributed by atoms with E-state index in [-0.39, 0.29) is 0 Å². The van der Waals surface area contributed by atoms with Gasteiger partial charge in [-0.25, -0.2) is 0 Å². The highest BCUT2D eigenvalue weighted by atomic mass is 35.5. The number of rotatable bonds is 2. The van der Waals surface area contributed by atoms with Crippen molar-refractivity contribution in [3.8, 4) is 0 Å². The first-order valence-corrected chi connectivity index (χ1v) is 4.50. The van der Waals surface area contributed by atoms with Crippen molar-refractivity contribution >= 4 is 33.7 Å². The lowest BCUT2D eigenvalue weighted by Crippen LogP contribution is -2.09. The Hall–Kier alpha value is -0.340. The molecule has 1 aliphatic rings. The van der Waals surface area contributed by atoms with Gasteiger partial charge in [-0.1, -0.05) is 0 Å². The summed E-state index contributed by atoms with van der Waals surface area (Å²) in [5.41, 5.74) is 0.811. The molecule has 0 spiro atoms. The van der Waals surface area contributed by atoms with E-state index in [2.05, 4.69) is 0 Å². The van der Waals surface area contributed by atoms with E-state index in [0.717, 1.165) is 12.8 Å². The highest BCUT2D eigenvalue weighted by Crippen LogP contribution is 2.27. The maximum atomic E-state index is 10.8. The van der Waals surface area contributed by atoms with Crippen LogP contribution in [0.5, 0.6) is 0 Å². The zero-order chi connectivity index (χ0) is 9.14. The van der Waals surface area contributed by atoms with Crippen molar-refractivity contribution in [3.05, 3.63) is 11.1 Å². The monoisotopic (exact) mass is 206 g/mol. The van der Waals surface area contributed by atoms with Crippen LogP contribution >= 0.6 is 23.2 Å². The molecule has 0 saturated heterocycles. The first-order valence-electron chi connectivity index (χ1n) is 3.74. The van der Waals surface area contributed by atoms with Crippen LogP contribution in [0.25, 0.3) is 0 Å². The summed E-state index contributed by atoms with van der Waals surface area (Å²) in [7, 11) is 0. The fourth-order valence-electron chi connectivity index (χ4n) is 1.34. The number of carbonyl (C=O) groups is 2. The molecule has 2 nitrogen and oxygen atoms in total. The Morgan fingerprint density at radius 1 is 0.917 bits per heavy atom. The van der Waals surface area contributed by atoms with Crippen LogP contribution in [0.3, 0.4) is 0 Å². The molecule has 0 aliphatic heterocycles. The second-order valence-corrected chi connectivity index (χ2v) is 3.40. The average molecular weight is 207 g/mol. The van der Waals surface area contributed by atoms with E-state index >= 15 is 0 Å². The molecule has 0 radical (unpaired) electrons. The van der Waals surface area contributed by atoms with Gasteiger partial charge in [-0.05, 0) is 48.9 Å². The molecule has 0 unspecified atom stereocenters. The summed E-state index contributed by atoms with van der Waals surface area (Å²) in [5, 5.41) is -1.09. The van der Waals surface area contributed by atoms with Crippen molar-refractivity contribution in [2.75, 3.05) is 0 Å². The van der Waals surface area contributed by atoms with E-state index in [1.54, 1.807) is 0 Å². The summed E-state index contributed by atoms with van der Waals surface area (Å²) in [6, 6.07) is 0. The Morgan fingerprint density at radius 2 is 1.25 bits per heavy atom. The van der Waals surface area contributed by atoms with Crippen LogP contribution < -0.4 is 0 Å². The predicted octanol–water partition coefficient (Wildman–Crippen LogP) is 2.39. The predicted molar refractivity (Wildman–Crippen MR) is 47.2 cm³/mol. The smallest absolute Gasteiger partial charge is 0.248 e. The molecule has 0 N–H and O–H groups in total. The second-order valence-electron chi connectivity index (χ2n) is 2.71. The number of halogens is 2. The highest BCUT2D eigenvalue weighted by molar-refractivity contribution is 6.71. The molecule has 1 rings (SSSR count). The molecule has 0 aromatic heterocycles. The molecule has 0 saturated carbocycles. The molecule has 0 atom stereocenters. The van der Waals surface area contributed by atoms with E-state index in [9.17, 15) is 9.59 Å². The summed E-state index contributed by atoms with van der Waals surface area (Å²) < 4.78 is 0. The Kier molecular flexibility index (Phi) is 3.29. The number of allylic oxidation sites excluding steroid dienone is 2. The maximum Gasteiger partial charge on any atom is 0.248 e. The largest absolute Gasteiger partial charge is 0.276 e. The van der Waals surface area contributed by atoms with Crippen LogP contribution in [0.15, 0.2) is 11.1 Å². The summed E-state index contributed by atoms with van der Waals surface area (Å²) in [4.78, 5) is 21.6. The van der Waals surface area contributed by atoms with Gasteiger partial charge in [-0.3, -0.25) is 9.59 Å². The van der Waals surface area contributed by atoms with Gasteiger partial charge in [0.05, 0.1) is 0 Å². The molecule has 0 aromatic carbocycles. The van der Waals surface area contributed by atoms with Gasteiger partial charge in [0.1, 0.15) is 0 Å². The molecule has 1 aliphatic carbocycles. The highest BCUT2D eigenvalue weighted by Gasteiger charge is 2.21. The maximum absolute atomic E-state index is 10.8. The number of carbonyl (C=O) groups excluding carboxylic acids is 2. The summed E-state index contributed by atoms with van der Waals surface area (Å²) >= 11 is 10.6. The summed E-state index contributed by atoms with van der Waals surface area (Å²) in [6.07, 6.45) is 2.97. The van der Waals surface area contributed by atoms with Crippen molar-refractivity contribution in [3.63, 3.8) is 0 Å². The normalized spacial score (nSPS) is 17.8. The van der Waals surface area contributed by atoms with Crippen LogP contribution in [-0.2, 0) is 9.59 Å². The number of hydrogen-bond donors (Lipinski definition) is 0. The molecule has 66 valence electrons. The Labute approximate surface area is 80.5 Å². The van der Waals surface area contributed by atoms with E-state index in [4.69, 9.17) is 23.2 Å². The van der Waals surface area contributed by atoms with Crippen molar-refractivity contribution in [2.45, 2.75) is 25.7 Å². The van der Waals surface area contributed by atoms with Crippen LogP contribution in [0, 0.1) is 0 Å². The first-order chi connectivity index (χ1) is 5.63. The second kappa shape index (κ2) is 4.06. The van der Waals surface area contributed by atoms with E-state index in [0.29, 0.717) is 24.0 Å². The van der Waals surface area contributed by atoms with E-state index in [1.165, 1.54) is 0 Å². The SMILES string of the molecule is O=C(Cl)C1=C(C(=O)Cl)CCCC1. The Bertz CT molecular complexity index is 230. The van der Waals surface area contributed by atoms with Gasteiger partial charge < -0.3 is 0 Å². The summed E-state index contributed by atoms with van der Waals surface area (Å²) in [5.74, 6) is 0. The topological polar surface area (TPSA) is 34.1 Å². The lowest BCUT2D eigenvalue weighted by Gasteiger charge is -2.13. The van der Waals surface area contributed by atoms with Gasteiger partial charge >= 0.3 is 0 Å². The Balaban J connectivity index is 2.99. The standard InChI is InChI=1S/C8H8Cl2O2/c9-7(11)5-3-1-2-4-6(5)8(10)12/h1-4H2. The number of hydrogen-bond acceptors (Lipinski definition) is 2. The molecule has 0 heterocycles. The van der Waals surface area contributed by atoms with E-state index < -0.39 is 10.5 Å². The van der Waals surface area contributed by atoms with Crippen molar-refractivity contribution in [2.24, 2.45) is 0 Å². The summed E-state index contributed by atoms with van der Waals surface area (Å²) in [6.45, 7) is 0. The third-order valence-electron chi connectivity index (χ3n) is 1.94. The van der Waals surface area contributed by atoms with Crippen LogP contribution in [-0.4, -0.2) is 10.5 Å². The molecule has 4 heteroatoms. The quantitative estimate of drug-likeness (QED) is 0.651. The van der Waals surface area contributed by atoms with Crippen LogP contribution in [0.1, 0.15) is 25.7 Å². The third kappa shape index (κ3) is 2.08. The molecule has 0 amide bonds. The molecular formula is C8H8Cl2O2. The minimum atomic E-state index is -0.543. The van der Waals surface area contributed by atoms with Gasteiger partial charge in [0.25, 0.3) is 0 Å². The molecule has 0 bridgehead atoms. The van der Waals surface area contributed by atoms with Gasteiger partial charge in [0.15, 0.2) is 0 Å². The Morgan fingerprint density at radius 3 is 1.50 bits per heavy atom. The zero-order valence-corrected chi connectivity index (χ0v) is 7.91. The fraction of sp³-hybridized carbons (Fsp3) is 0.500. The molecular weight excluding hydrogens is 199 g/mol. The van der Waals surface area contributed by atoms with Crippen LogP contribution in [0.2, 0.25) is 0 Å². The zero-order valence-electron chi connectivity index (χ0n) is 6.40. The minimum Gasteiger partial charge on any atom is -0.276 e. The minimum absolute atomic E-state index is 0.405. The van der Waals surface area contributed by atoms with E-state index in [1.807, 2.05) is 0 Å². The fourth-order valence-corrected chi connectivity index (χ4v) is 1.76. The van der Waals surface area contributed by atoms with Gasteiger partial charge in [-0.15, -0.1) is 0 Å². The first kappa shape index (κ1) is 9.75. The van der Waals surface area contributed by atoms with Gasteiger partial charge in [0, 0.05) is 11.1 Å². The van der Waals surface area contributed by atoms with Crippen molar-refractivity contribution in [1.29, 1.82) is 0 Å². The molecule has 12 heavy (non-hydrogen) atoms. The average Bonchev–Trinajstić information content (AvgIpc) is 2.04. The third-order valence-corrected chi connectivity index (χ3v) is 2.40. The molecule has 0 fully saturated rings. The van der Waals surface area contributed by atoms with Crippen molar-refractivity contribution in [1.82, 2.24) is 0 Å².